The topological polar surface area (TPSA) is 39.2 Å². The molecule has 0 amide bonds. The van der Waals surface area contributed by atoms with Gasteiger partial charge in [-0.2, -0.15) is 13.2 Å². The Bertz CT molecular complexity index is 665. The van der Waals surface area contributed by atoms with Crippen LogP contribution in [-0.4, -0.2) is 11.0 Å². The molecule has 23 heavy (non-hydrogen) atoms. The number of hydrogen-bond acceptors (Lipinski definition) is 4. The van der Waals surface area contributed by atoms with Crippen molar-refractivity contribution < 1.29 is 22.7 Å². The van der Waals surface area contributed by atoms with Gasteiger partial charge in [0.15, 0.2) is 0 Å². The van der Waals surface area contributed by atoms with E-state index in [0.717, 1.165) is 12.1 Å². The highest BCUT2D eigenvalue weighted by molar-refractivity contribution is 7.13. The van der Waals surface area contributed by atoms with Crippen LogP contribution in [0.4, 0.5) is 13.2 Å². The van der Waals surface area contributed by atoms with Gasteiger partial charge in [-0.1, -0.05) is 26.0 Å². The van der Waals surface area contributed by atoms with Crippen LogP contribution in [0.1, 0.15) is 31.5 Å². The Morgan fingerprint density at radius 1 is 1.30 bits per heavy atom. The first-order valence-electron chi connectivity index (χ1n) is 7.10. The van der Waals surface area contributed by atoms with Crippen LogP contribution < -0.4 is 0 Å². The summed E-state index contributed by atoms with van der Waals surface area (Å²) in [5.74, 6) is -0.445. The molecule has 3 nitrogen and oxygen atoms in total. The largest absolute Gasteiger partial charge is 0.459 e. The van der Waals surface area contributed by atoms with E-state index >= 15 is 0 Å². The fourth-order valence-electron chi connectivity index (χ4n) is 1.76. The van der Waals surface area contributed by atoms with Gasteiger partial charge in [-0.25, -0.2) is 4.98 Å². The fraction of sp³-hybridized carbons (Fsp3) is 0.375. The van der Waals surface area contributed by atoms with Crippen LogP contribution in [0.2, 0.25) is 0 Å². The summed E-state index contributed by atoms with van der Waals surface area (Å²) in [4.78, 5) is 15.9. The first-order chi connectivity index (χ1) is 10.8. The van der Waals surface area contributed by atoms with Gasteiger partial charge in [0.1, 0.15) is 11.6 Å². The van der Waals surface area contributed by atoms with Crippen molar-refractivity contribution in [2.75, 3.05) is 0 Å². The second-order valence-corrected chi connectivity index (χ2v) is 5.99. The Labute approximate surface area is 136 Å². The number of aromatic nitrogens is 1. The molecule has 0 saturated heterocycles. The lowest BCUT2D eigenvalue weighted by Gasteiger charge is -2.07. The molecule has 1 unspecified atom stereocenters. The molecular weight excluding hydrogens is 327 g/mol. The fourth-order valence-corrected chi connectivity index (χ4v) is 2.57. The molecule has 0 aliphatic heterocycles. The lowest BCUT2D eigenvalue weighted by molar-refractivity contribution is -0.149. The molecule has 1 aromatic heterocycles. The molecule has 7 heteroatoms. The van der Waals surface area contributed by atoms with E-state index in [-0.39, 0.29) is 18.5 Å². The summed E-state index contributed by atoms with van der Waals surface area (Å²) in [7, 11) is 0. The number of rotatable bonds is 5. The molecule has 0 N–H and O–H groups in total. The summed E-state index contributed by atoms with van der Waals surface area (Å²) in [6.07, 6.45) is -3.65. The van der Waals surface area contributed by atoms with E-state index in [2.05, 4.69) is 4.98 Å². The van der Waals surface area contributed by atoms with Crippen LogP contribution in [0, 0.1) is 5.92 Å². The standard InChI is InChI=1S/C16H16F3NO2S/c1-3-10(2)15(21)22-8-13-9-23-14(20-13)11-4-6-12(7-5-11)16(17,18)19/h4-7,9-10H,3,8H2,1-2H3. The average Bonchev–Trinajstić information content (AvgIpc) is 3.00. The van der Waals surface area contributed by atoms with Crippen molar-refractivity contribution in [3.05, 3.63) is 40.9 Å². The maximum Gasteiger partial charge on any atom is 0.416 e. The minimum absolute atomic E-state index is 0.0698. The van der Waals surface area contributed by atoms with E-state index in [1.165, 1.54) is 23.5 Å². The molecule has 0 aliphatic carbocycles. The lowest BCUT2D eigenvalue weighted by Crippen LogP contribution is -2.13. The minimum atomic E-state index is -4.35. The minimum Gasteiger partial charge on any atom is -0.459 e. The number of halogens is 3. The molecule has 1 heterocycles. The van der Waals surface area contributed by atoms with Gasteiger partial charge >= 0.3 is 12.1 Å². The van der Waals surface area contributed by atoms with Crippen molar-refractivity contribution in [3.63, 3.8) is 0 Å². The molecular formula is C16H16F3NO2S. The summed E-state index contributed by atoms with van der Waals surface area (Å²) < 4.78 is 42.8. The van der Waals surface area contributed by atoms with Gasteiger partial charge in [0.2, 0.25) is 0 Å². The van der Waals surface area contributed by atoms with Gasteiger partial charge in [-0.15, -0.1) is 11.3 Å². The zero-order valence-electron chi connectivity index (χ0n) is 12.7. The molecule has 124 valence electrons. The maximum atomic E-state index is 12.5. The lowest BCUT2D eigenvalue weighted by atomic mass is 10.1. The van der Waals surface area contributed by atoms with Gasteiger partial charge in [0.05, 0.1) is 17.2 Å². The molecule has 0 bridgehead atoms. The highest BCUT2D eigenvalue weighted by atomic mass is 32.1. The molecule has 0 spiro atoms. The third-order valence-electron chi connectivity index (χ3n) is 3.39. The van der Waals surface area contributed by atoms with Crippen LogP contribution in [0.25, 0.3) is 10.6 Å². The highest BCUT2D eigenvalue weighted by Crippen LogP contribution is 2.31. The van der Waals surface area contributed by atoms with Crippen LogP contribution in [-0.2, 0) is 22.3 Å². The number of alkyl halides is 3. The second kappa shape index (κ2) is 7.12. The molecule has 2 aromatic rings. The summed E-state index contributed by atoms with van der Waals surface area (Å²) in [6.45, 7) is 3.76. The number of carbonyl (C=O) groups is 1. The number of carbonyl (C=O) groups excluding carboxylic acids is 1. The van der Waals surface area contributed by atoms with E-state index in [9.17, 15) is 18.0 Å². The summed E-state index contributed by atoms with van der Waals surface area (Å²) in [5.41, 5.74) is 0.490. The quantitative estimate of drug-likeness (QED) is 0.724. The van der Waals surface area contributed by atoms with Crippen molar-refractivity contribution in [2.24, 2.45) is 5.92 Å². The van der Waals surface area contributed by atoms with Gasteiger partial charge in [-0.05, 0) is 18.6 Å². The molecule has 1 aromatic carbocycles. The molecule has 0 saturated carbocycles. The zero-order chi connectivity index (χ0) is 17.0. The van der Waals surface area contributed by atoms with E-state index in [1.54, 1.807) is 12.3 Å². The Morgan fingerprint density at radius 2 is 1.96 bits per heavy atom. The third kappa shape index (κ3) is 4.54. The SMILES string of the molecule is CCC(C)C(=O)OCc1csc(-c2ccc(C(F)(F)F)cc2)n1. The maximum absolute atomic E-state index is 12.5. The number of nitrogens with zero attached hydrogens (tertiary/aromatic N) is 1. The number of ether oxygens (including phenoxy) is 1. The van der Waals surface area contributed by atoms with Crippen LogP contribution in [0.5, 0.6) is 0 Å². The van der Waals surface area contributed by atoms with Gasteiger partial charge in [0, 0.05) is 10.9 Å². The number of benzene rings is 1. The van der Waals surface area contributed by atoms with Crippen LogP contribution >= 0.6 is 11.3 Å². The first-order valence-corrected chi connectivity index (χ1v) is 7.98. The van der Waals surface area contributed by atoms with E-state index < -0.39 is 11.7 Å². The smallest absolute Gasteiger partial charge is 0.416 e. The predicted molar refractivity (Wildman–Crippen MR) is 81.8 cm³/mol. The normalized spacial score (nSPS) is 12.9. The zero-order valence-corrected chi connectivity index (χ0v) is 13.5. The summed E-state index contributed by atoms with van der Waals surface area (Å²) >= 11 is 1.30. The highest BCUT2D eigenvalue weighted by Gasteiger charge is 2.30. The third-order valence-corrected chi connectivity index (χ3v) is 4.33. The Morgan fingerprint density at radius 3 is 2.52 bits per heavy atom. The number of esters is 1. The van der Waals surface area contributed by atoms with Crippen LogP contribution in [0.3, 0.4) is 0 Å². The molecule has 1 atom stereocenters. The van der Waals surface area contributed by atoms with Crippen molar-refractivity contribution in [2.45, 2.75) is 33.1 Å². The first kappa shape index (κ1) is 17.5. The summed E-state index contributed by atoms with van der Waals surface area (Å²) in [6, 6.07) is 4.83. The molecule has 0 fully saturated rings. The Kier molecular flexibility index (Phi) is 5.41. The summed E-state index contributed by atoms with van der Waals surface area (Å²) in [5, 5.41) is 2.32. The van der Waals surface area contributed by atoms with Crippen molar-refractivity contribution in [1.82, 2.24) is 4.98 Å². The monoisotopic (exact) mass is 343 g/mol. The van der Waals surface area contributed by atoms with Gasteiger partial charge in [-0.3, -0.25) is 4.79 Å². The number of hydrogen-bond donors (Lipinski definition) is 0. The second-order valence-electron chi connectivity index (χ2n) is 5.14. The average molecular weight is 343 g/mol. The van der Waals surface area contributed by atoms with Gasteiger partial charge in [0.25, 0.3) is 0 Å². The number of thiazole rings is 1. The Hall–Kier alpha value is -1.89. The van der Waals surface area contributed by atoms with E-state index in [4.69, 9.17) is 4.74 Å². The molecule has 0 radical (unpaired) electrons. The molecule has 2 rings (SSSR count). The van der Waals surface area contributed by atoms with Crippen molar-refractivity contribution in [1.29, 1.82) is 0 Å². The Balaban J connectivity index is 2.03. The van der Waals surface area contributed by atoms with Crippen molar-refractivity contribution >= 4 is 17.3 Å². The van der Waals surface area contributed by atoms with Crippen molar-refractivity contribution in [3.8, 4) is 10.6 Å². The van der Waals surface area contributed by atoms with E-state index in [1.807, 2.05) is 6.92 Å². The van der Waals surface area contributed by atoms with Gasteiger partial charge < -0.3 is 4.74 Å². The van der Waals surface area contributed by atoms with Crippen LogP contribution in [0.15, 0.2) is 29.6 Å². The van der Waals surface area contributed by atoms with E-state index in [0.29, 0.717) is 22.7 Å². The molecule has 0 aliphatic rings. The predicted octanol–water partition coefficient (Wildman–Crippen LogP) is 4.92.